The lowest BCUT2D eigenvalue weighted by Gasteiger charge is -2.09. The average Bonchev–Trinajstić information content (AvgIpc) is 3.33. The van der Waals surface area contributed by atoms with E-state index in [4.69, 9.17) is 4.42 Å². The number of amides is 2. The Morgan fingerprint density at radius 3 is 2.70 bits per heavy atom. The lowest BCUT2D eigenvalue weighted by molar-refractivity contribution is -0.384. The third-order valence-electron chi connectivity index (χ3n) is 4.22. The van der Waals surface area contributed by atoms with Crippen LogP contribution in [0, 0.1) is 10.1 Å². The second-order valence-corrected chi connectivity index (χ2v) is 6.16. The molecule has 0 aliphatic heterocycles. The molecular formula is C18H18N4O5. The topological polar surface area (TPSA) is 127 Å². The van der Waals surface area contributed by atoms with Crippen LogP contribution in [0.4, 0.5) is 5.69 Å². The zero-order valence-electron chi connectivity index (χ0n) is 14.4. The molecule has 1 aromatic carbocycles. The molecule has 140 valence electrons. The summed E-state index contributed by atoms with van der Waals surface area (Å²) in [5, 5.41) is 17.2. The van der Waals surface area contributed by atoms with Crippen molar-refractivity contribution >= 4 is 23.7 Å². The number of carbonyl (C=O) groups is 2. The van der Waals surface area contributed by atoms with Crippen molar-refractivity contribution in [3.8, 4) is 11.3 Å². The SMILES string of the molecule is O=C(N/N=C\c1ccc(-c2cccc([N+](=O)[O-])c2)o1)C(=O)NC1CCCC1. The van der Waals surface area contributed by atoms with Crippen LogP contribution in [0.1, 0.15) is 31.4 Å². The Kier molecular flexibility index (Phi) is 5.60. The molecule has 9 heteroatoms. The number of nitro benzene ring substituents is 1. The van der Waals surface area contributed by atoms with Gasteiger partial charge in [0, 0.05) is 23.7 Å². The van der Waals surface area contributed by atoms with E-state index in [1.165, 1.54) is 18.3 Å². The predicted octanol–water partition coefficient (Wildman–Crippen LogP) is 2.36. The number of hydrazone groups is 1. The molecule has 0 radical (unpaired) electrons. The molecule has 1 fully saturated rings. The highest BCUT2D eigenvalue weighted by Crippen LogP contribution is 2.25. The number of non-ortho nitro benzene ring substituents is 1. The molecule has 2 N–H and O–H groups in total. The van der Waals surface area contributed by atoms with Gasteiger partial charge in [0.15, 0.2) is 0 Å². The van der Waals surface area contributed by atoms with Gasteiger partial charge in [-0.2, -0.15) is 5.10 Å². The minimum atomic E-state index is -0.844. The predicted molar refractivity (Wildman–Crippen MR) is 96.9 cm³/mol. The molecule has 0 saturated heterocycles. The Hall–Kier alpha value is -3.49. The number of rotatable bonds is 5. The van der Waals surface area contributed by atoms with Crippen molar-refractivity contribution < 1.29 is 18.9 Å². The third-order valence-corrected chi connectivity index (χ3v) is 4.22. The van der Waals surface area contributed by atoms with Crippen molar-refractivity contribution in [3.05, 3.63) is 52.3 Å². The minimum absolute atomic E-state index is 0.0420. The first-order valence-electron chi connectivity index (χ1n) is 8.51. The molecule has 2 amide bonds. The van der Waals surface area contributed by atoms with Gasteiger partial charge < -0.3 is 9.73 Å². The van der Waals surface area contributed by atoms with Crippen molar-refractivity contribution in [3.63, 3.8) is 0 Å². The molecule has 0 spiro atoms. The van der Waals surface area contributed by atoms with E-state index >= 15 is 0 Å². The molecule has 0 unspecified atom stereocenters. The van der Waals surface area contributed by atoms with Crippen LogP contribution >= 0.6 is 0 Å². The van der Waals surface area contributed by atoms with Crippen LogP contribution in [-0.2, 0) is 9.59 Å². The first kappa shape index (κ1) is 18.3. The zero-order valence-corrected chi connectivity index (χ0v) is 14.4. The Bertz CT molecular complexity index is 883. The summed E-state index contributed by atoms with van der Waals surface area (Å²) < 4.78 is 5.53. The number of hydrogen-bond donors (Lipinski definition) is 2. The summed E-state index contributed by atoms with van der Waals surface area (Å²) in [6.45, 7) is 0. The van der Waals surface area contributed by atoms with Gasteiger partial charge in [0.25, 0.3) is 5.69 Å². The fourth-order valence-corrected chi connectivity index (χ4v) is 2.88. The largest absolute Gasteiger partial charge is 0.455 e. The number of nitrogens with one attached hydrogen (secondary N) is 2. The summed E-state index contributed by atoms with van der Waals surface area (Å²) in [6, 6.07) is 9.32. The zero-order chi connectivity index (χ0) is 19.2. The van der Waals surface area contributed by atoms with Gasteiger partial charge in [-0.15, -0.1) is 0 Å². The second-order valence-electron chi connectivity index (χ2n) is 6.16. The minimum Gasteiger partial charge on any atom is -0.455 e. The Balaban J connectivity index is 1.57. The molecule has 9 nitrogen and oxygen atoms in total. The standard InChI is InChI=1S/C18H18N4O5/c23-17(20-13-5-1-2-6-13)18(24)21-19-11-15-8-9-16(27-15)12-4-3-7-14(10-12)22(25)26/h3-4,7-11,13H,1-2,5-6H2,(H,20,23)(H,21,24)/b19-11-. The van der Waals surface area contributed by atoms with Crippen LogP contribution in [0.15, 0.2) is 45.9 Å². The first-order valence-corrected chi connectivity index (χ1v) is 8.51. The van der Waals surface area contributed by atoms with Crippen molar-refractivity contribution in [2.45, 2.75) is 31.7 Å². The number of nitro groups is 1. The molecule has 0 bridgehead atoms. The smallest absolute Gasteiger partial charge is 0.329 e. The summed E-state index contributed by atoms with van der Waals surface area (Å²) in [4.78, 5) is 33.8. The second kappa shape index (κ2) is 8.26. The van der Waals surface area contributed by atoms with Gasteiger partial charge in [0.05, 0.1) is 11.1 Å². The summed E-state index contributed by atoms with van der Waals surface area (Å²) >= 11 is 0. The lowest BCUT2D eigenvalue weighted by Crippen LogP contribution is -2.42. The quantitative estimate of drug-likeness (QED) is 0.361. The molecule has 1 aromatic heterocycles. The Morgan fingerprint density at radius 1 is 1.19 bits per heavy atom. The molecule has 1 heterocycles. The van der Waals surface area contributed by atoms with Gasteiger partial charge in [-0.25, -0.2) is 5.43 Å². The van der Waals surface area contributed by atoms with E-state index in [1.807, 2.05) is 0 Å². The van der Waals surface area contributed by atoms with Crippen molar-refractivity contribution in [1.82, 2.24) is 10.7 Å². The number of carbonyl (C=O) groups excluding carboxylic acids is 2. The van der Waals surface area contributed by atoms with E-state index in [1.54, 1.807) is 24.3 Å². The Labute approximate surface area is 154 Å². The first-order chi connectivity index (χ1) is 13.0. The van der Waals surface area contributed by atoms with Crippen molar-refractivity contribution in [2.24, 2.45) is 5.10 Å². The van der Waals surface area contributed by atoms with Crippen molar-refractivity contribution in [1.29, 1.82) is 0 Å². The van der Waals surface area contributed by atoms with Crippen LogP contribution in [0.5, 0.6) is 0 Å². The maximum Gasteiger partial charge on any atom is 0.329 e. The third kappa shape index (κ3) is 4.78. The maximum atomic E-state index is 11.7. The van der Waals surface area contributed by atoms with E-state index < -0.39 is 16.7 Å². The highest BCUT2D eigenvalue weighted by molar-refractivity contribution is 6.35. The molecule has 1 aliphatic carbocycles. The molecule has 2 aromatic rings. The van der Waals surface area contributed by atoms with Gasteiger partial charge >= 0.3 is 11.8 Å². The van der Waals surface area contributed by atoms with Crippen LogP contribution in [-0.4, -0.2) is 29.0 Å². The van der Waals surface area contributed by atoms with E-state index in [0.717, 1.165) is 25.7 Å². The van der Waals surface area contributed by atoms with Gasteiger partial charge in [-0.3, -0.25) is 19.7 Å². The van der Waals surface area contributed by atoms with Gasteiger partial charge in [-0.1, -0.05) is 25.0 Å². The molecule has 3 rings (SSSR count). The molecule has 1 aliphatic rings. The van der Waals surface area contributed by atoms with Gasteiger partial charge in [0.1, 0.15) is 11.5 Å². The van der Waals surface area contributed by atoms with Crippen LogP contribution in [0.2, 0.25) is 0 Å². The maximum absolute atomic E-state index is 11.7. The number of furan rings is 1. The van der Waals surface area contributed by atoms with Crippen LogP contribution < -0.4 is 10.7 Å². The monoisotopic (exact) mass is 370 g/mol. The van der Waals surface area contributed by atoms with E-state index in [2.05, 4.69) is 15.8 Å². The van der Waals surface area contributed by atoms with Gasteiger partial charge in [-0.05, 0) is 25.0 Å². The summed E-state index contributed by atoms with van der Waals surface area (Å²) in [6.07, 6.45) is 5.12. The molecule has 1 saturated carbocycles. The number of benzene rings is 1. The summed E-state index contributed by atoms with van der Waals surface area (Å²) in [5.41, 5.74) is 2.65. The summed E-state index contributed by atoms with van der Waals surface area (Å²) in [7, 11) is 0. The normalized spacial score (nSPS) is 14.4. The van der Waals surface area contributed by atoms with E-state index in [-0.39, 0.29) is 11.7 Å². The fourth-order valence-electron chi connectivity index (χ4n) is 2.88. The fraction of sp³-hybridized carbons (Fsp3) is 0.278. The molecule has 27 heavy (non-hydrogen) atoms. The number of hydrogen-bond acceptors (Lipinski definition) is 6. The van der Waals surface area contributed by atoms with E-state index in [0.29, 0.717) is 17.1 Å². The van der Waals surface area contributed by atoms with Crippen LogP contribution in [0.25, 0.3) is 11.3 Å². The molecular weight excluding hydrogens is 352 g/mol. The van der Waals surface area contributed by atoms with Crippen molar-refractivity contribution in [2.75, 3.05) is 0 Å². The number of nitrogens with zero attached hydrogens (tertiary/aromatic N) is 2. The lowest BCUT2D eigenvalue weighted by atomic mass is 10.1. The summed E-state index contributed by atoms with van der Waals surface area (Å²) in [5.74, 6) is -0.808. The average molecular weight is 370 g/mol. The Morgan fingerprint density at radius 2 is 1.96 bits per heavy atom. The van der Waals surface area contributed by atoms with Crippen LogP contribution in [0.3, 0.4) is 0 Å². The van der Waals surface area contributed by atoms with Gasteiger partial charge in [0.2, 0.25) is 0 Å². The highest BCUT2D eigenvalue weighted by atomic mass is 16.6. The van der Waals surface area contributed by atoms with E-state index in [9.17, 15) is 19.7 Å². The molecule has 0 atom stereocenters. The highest BCUT2D eigenvalue weighted by Gasteiger charge is 2.21.